The van der Waals surface area contributed by atoms with Crippen LogP contribution >= 0.6 is 0 Å². The lowest BCUT2D eigenvalue weighted by atomic mass is 9.78. The molecule has 1 amide bonds. The predicted molar refractivity (Wildman–Crippen MR) is 92.2 cm³/mol. The summed E-state index contributed by atoms with van der Waals surface area (Å²) in [6.07, 6.45) is 0.273. The standard InChI is InChI=1S/C18H17FN4O3/c1-2-18(17(25)26,11-6-4-3-5-7-11)10-20-16(24)13-8-12(19)9-14-15(13)22-23-21-14/h3-9H,2,10H2,1H3,(H,20,24)(H,25,26)(H,21,22,23). The molecule has 8 heteroatoms. The summed E-state index contributed by atoms with van der Waals surface area (Å²) in [4.78, 5) is 24.6. The Balaban J connectivity index is 1.91. The fraction of sp³-hybridized carbons (Fsp3) is 0.222. The maximum Gasteiger partial charge on any atom is 0.315 e. The minimum absolute atomic E-state index is 0.00259. The van der Waals surface area contributed by atoms with E-state index in [9.17, 15) is 19.1 Å². The third-order valence-electron chi connectivity index (χ3n) is 4.52. The molecule has 0 saturated carbocycles. The van der Waals surface area contributed by atoms with Gasteiger partial charge in [0.2, 0.25) is 0 Å². The van der Waals surface area contributed by atoms with Gasteiger partial charge < -0.3 is 10.4 Å². The Morgan fingerprint density at radius 2 is 1.96 bits per heavy atom. The van der Waals surface area contributed by atoms with Crippen molar-refractivity contribution in [3.8, 4) is 0 Å². The van der Waals surface area contributed by atoms with Gasteiger partial charge in [-0.1, -0.05) is 37.3 Å². The third kappa shape index (κ3) is 3.01. The quantitative estimate of drug-likeness (QED) is 0.628. The molecule has 0 fully saturated rings. The molecule has 3 N–H and O–H groups in total. The van der Waals surface area contributed by atoms with Crippen LogP contribution < -0.4 is 5.32 Å². The molecule has 1 aromatic heterocycles. The van der Waals surface area contributed by atoms with Crippen molar-refractivity contribution >= 4 is 22.9 Å². The van der Waals surface area contributed by atoms with Crippen LogP contribution in [0.4, 0.5) is 4.39 Å². The molecule has 26 heavy (non-hydrogen) atoms. The van der Waals surface area contributed by atoms with Gasteiger partial charge in [-0.25, -0.2) is 4.39 Å². The maximum absolute atomic E-state index is 13.7. The first kappa shape index (κ1) is 17.5. The molecule has 3 rings (SSSR count). The summed E-state index contributed by atoms with van der Waals surface area (Å²) >= 11 is 0. The van der Waals surface area contributed by atoms with Crippen LogP contribution in [0.2, 0.25) is 0 Å². The average Bonchev–Trinajstić information content (AvgIpc) is 3.10. The number of rotatable bonds is 6. The first-order chi connectivity index (χ1) is 12.5. The van der Waals surface area contributed by atoms with Crippen molar-refractivity contribution < 1.29 is 19.1 Å². The van der Waals surface area contributed by atoms with Crippen molar-refractivity contribution in [2.45, 2.75) is 18.8 Å². The van der Waals surface area contributed by atoms with E-state index in [2.05, 4.69) is 20.7 Å². The van der Waals surface area contributed by atoms with Crippen molar-refractivity contribution in [2.75, 3.05) is 6.54 Å². The smallest absolute Gasteiger partial charge is 0.315 e. The highest BCUT2D eigenvalue weighted by Crippen LogP contribution is 2.28. The number of carbonyl (C=O) groups excluding carboxylic acids is 1. The molecule has 0 aliphatic carbocycles. The molecule has 1 atom stereocenters. The molecular weight excluding hydrogens is 339 g/mol. The number of halogens is 1. The summed E-state index contributed by atoms with van der Waals surface area (Å²) < 4.78 is 13.7. The van der Waals surface area contributed by atoms with E-state index in [1.54, 1.807) is 37.3 Å². The van der Waals surface area contributed by atoms with Gasteiger partial charge in [-0.2, -0.15) is 15.4 Å². The zero-order valence-electron chi connectivity index (χ0n) is 14.0. The van der Waals surface area contributed by atoms with Gasteiger partial charge in [0, 0.05) is 12.6 Å². The maximum atomic E-state index is 13.7. The molecule has 0 saturated heterocycles. The number of H-pyrrole nitrogens is 1. The zero-order valence-corrected chi connectivity index (χ0v) is 14.0. The lowest BCUT2D eigenvalue weighted by molar-refractivity contribution is -0.143. The monoisotopic (exact) mass is 356 g/mol. The molecule has 1 heterocycles. The highest BCUT2D eigenvalue weighted by molar-refractivity contribution is 6.04. The summed E-state index contributed by atoms with van der Waals surface area (Å²) in [5.41, 5.74) is -0.259. The van der Waals surface area contributed by atoms with Gasteiger partial charge in [0.15, 0.2) is 0 Å². The van der Waals surface area contributed by atoms with Crippen molar-refractivity contribution in [3.63, 3.8) is 0 Å². The number of amides is 1. The molecule has 134 valence electrons. The molecular formula is C18H17FN4O3. The number of fused-ring (bicyclic) bond motifs is 1. The topological polar surface area (TPSA) is 108 Å². The largest absolute Gasteiger partial charge is 0.481 e. The first-order valence-electron chi connectivity index (χ1n) is 8.05. The minimum Gasteiger partial charge on any atom is -0.481 e. The van der Waals surface area contributed by atoms with Crippen LogP contribution in [0.3, 0.4) is 0 Å². The van der Waals surface area contributed by atoms with Gasteiger partial charge in [-0.3, -0.25) is 9.59 Å². The van der Waals surface area contributed by atoms with E-state index in [-0.39, 0.29) is 29.6 Å². The second-order valence-electron chi connectivity index (χ2n) is 5.93. The molecule has 0 radical (unpaired) electrons. The molecule has 1 unspecified atom stereocenters. The Morgan fingerprint density at radius 1 is 1.23 bits per heavy atom. The second-order valence-corrected chi connectivity index (χ2v) is 5.93. The van der Waals surface area contributed by atoms with Crippen LogP contribution in [-0.4, -0.2) is 38.9 Å². The second kappa shape index (κ2) is 6.91. The van der Waals surface area contributed by atoms with E-state index < -0.39 is 23.1 Å². The van der Waals surface area contributed by atoms with Gasteiger partial charge >= 0.3 is 5.97 Å². The number of hydrogen-bond acceptors (Lipinski definition) is 4. The van der Waals surface area contributed by atoms with E-state index in [1.165, 1.54) is 0 Å². The molecule has 0 spiro atoms. The highest BCUT2D eigenvalue weighted by Gasteiger charge is 2.39. The van der Waals surface area contributed by atoms with E-state index in [1.807, 2.05) is 0 Å². The Kier molecular flexibility index (Phi) is 4.66. The normalized spacial score (nSPS) is 13.3. The van der Waals surface area contributed by atoms with E-state index >= 15 is 0 Å². The lowest BCUT2D eigenvalue weighted by Gasteiger charge is -2.29. The molecule has 0 aliphatic rings. The minimum atomic E-state index is -1.28. The zero-order chi connectivity index (χ0) is 18.7. The predicted octanol–water partition coefficient (Wildman–Crippen LogP) is 2.26. The van der Waals surface area contributed by atoms with Gasteiger partial charge in [0.25, 0.3) is 5.91 Å². The lowest BCUT2D eigenvalue weighted by Crippen LogP contribution is -2.46. The number of hydrogen-bond donors (Lipinski definition) is 3. The summed E-state index contributed by atoms with van der Waals surface area (Å²) in [5, 5.41) is 22.4. The summed E-state index contributed by atoms with van der Waals surface area (Å²) in [6.45, 7) is 1.60. The number of aromatic nitrogens is 3. The number of aliphatic carboxylic acids is 1. The van der Waals surface area contributed by atoms with Crippen LogP contribution in [0.1, 0.15) is 29.3 Å². The number of aromatic amines is 1. The van der Waals surface area contributed by atoms with E-state index in [0.29, 0.717) is 5.56 Å². The number of carboxylic acids is 1. The molecule has 7 nitrogen and oxygen atoms in total. The fourth-order valence-electron chi connectivity index (χ4n) is 2.95. The number of carbonyl (C=O) groups is 2. The number of nitrogens with zero attached hydrogens (tertiary/aromatic N) is 2. The highest BCUT2D eigenvalue weighted by atomic mass is 19.1. The van der Waals surface area contributed by atoms with Crippen LogP contribution in [0.15, 0.2) is 42.5 Å². The molecule has 3 aromatic rings. The Morgan fingerprint density at radius 3 is 2.62 bits per heavy atom. The van der Waals surface area contributed by atoms with E-state index in [0.717, 1.165) is 12.1 Å². The Labute approximate surface area is 148 Å². The molecule has 0 bridgehead atoms. The van der Waals surface area contributed by atoms with Crippen molar-refractivity contribution in [1.29, 1.82) is 0 Å². The van der Waals surface area contributed by atoms with Crippen LogP contribution in [0, 0.1) is 5.82 Å². The van der Waals surface area contributed by atoms with Crippen LogP contribution in [-0.2, 0) is 10.2 Å². The Hall–Kier alpha value is -3.29. The van der Waals surface area contributed by atoms with Gasteiger partial charge in [0.1, 0.15) is 22.3 Å². The number of benzene rings is 2. The van der Waals surface area contributed by atoms with Crippen LogP contribution in [0.25, 0.3) is 11.0 Å². The number of nitrogens with one attached hydrogen (secondary N) is 2. The average molecular weight is 356 g/mol. The fourth-order valence-corrected chi connectivity index (χ4v) is 2.95. The number of carboxylic acid groups (broad SMARTS) is 1. The van der Waals surface area contributed by atoms with Gasteiger partial charge in [-0.05, 0) is 18.1 Å². The van der Waals surface area contributed by atoms with Crippen molar-refractivity contribution in [2.24, 2.45) is 0 Å². The Bertz CT molecular complexity index is 957. The van der Waals surface area contributed by atoms with Gasteiger partial charge in [0.05, 0.1) is 5.56 Å². The van der Waals surface area contributed by atoms with Crippen LogP contribution in [0.5, 0.6) is 0 Å². The van der Waals surface area contributed by atoms with E-state index in [4.69, 9.17) is 0 Å². The van der Waals surface area contributed by atoms with Crippen molar-refractivity contribution in [3.05, 3.63) is 59.4 Å². The summed E-state index contributed by atoms with van der Waals surface area (Å²) in [7, 11) is 0. The molecule has 0 aliphatic heterocycles. The molecule has 2 aromatic carbocycles. The summed E-state index contributed by atoms with van der Waals surface area (Å²) in [6, 6.07) is 10.9. The first-order valence-corrected chi connectivity index (χ1v) is 8.05. The SMILES string of the molecule is CCC(CNC(=O)c1cc(F)cc2n[nH]nc12)(C(=O)O)c1ccccc1. The third-order valence-corrected chi connectivity index (χ3v) is 4.52. The summed E-state index contributed by atoms with van der Waals surface area (Å²) in [5.74, 6) is -2.28. The van der Waals surface area contributed by atoms with Gasteiger partial charge in [-0.15, -0.1) is 0 Å². The van der Waals surface area contributed by atoms with Crippen molar-refractivity contribution in [1.82, 2.24) is 20.7 Å².